The van der Waals surface area contributed by atoms with Crippen molar-refractivity contribution in [2.24, 2.45) is 0 Å². The van der Waals surface area contributed by atoms with Gasteiger partial charge in [-0.25, -0.2) is 4.98 Å². The van der Waals surface area contributed by atoms with Gasteiger partial charge in [0.1, 0.15) is 4.83 Å². The van der Waals surface area contributed by atoms with Crippen LogP contribution < -0.4 is 5.56 Å². The van der Waals surface area contributed by atoms with Crippen molar-refractivity contribution in [3.8, 4) is 11.1 Å². The van der Waals surface area contributed by atoms with Crippen molar-refractivity contribution in [2.75, 3.05) is 26.2 Å². The lowest BCUT2D eigenvalue weighted by Gasteiger charge is -2.38. The smallest absolute Gasteiger partial charge is 0.262 e. The number of hydrogen-bond acceptors (Lipinski definition) is 6. The average Bonchev–Trinajstić information content (AvgIpc) is 3.46. The number of aromatic nitrogens is 2. The van der Waals surface area contributed by atoms with E-state index in [0.717, 1.165) is 55.0 Å². The molecule has 186 valence electrons. The molecule has 0 radical (unpaired) electrons. The first-order valence-corrected chi connectivity index (χ1v) is 13.5. The highest BCUT2D eigenvalue weighted by molar-refractivity contribution is 7.17. The second-order valence-electron chi connectivity index (χ2n) is 10.0. The molecule has 0 aliphatic carbocycles. The number of amides is 1. The first kappa shape index (κ1) is 24.2. The zero-order chi connectivity index (χ0) is 24.5. The third-order valence-electron chi connectivity index (χ3n) is 7.15. The number of fused-ring (bicyclic) bond motifs is 1. The molecule has 3 aromatic rings. The standard InChI is InChI=1S/C27H34N4O3S/c1-18-6-8-21(9-7-18)23-16-35-26-25(23)27(33)30(17-28-26)12-10-24(32)31-11-4-5-22(31)15-29-13-19(2)34-20(3)14-29/h6-9,16-17,19-20,22H,4-5,10-15H2,1-3H3. The number of carbonyl (C=O) groups excluding carboxylic acids is 1. The SMILES string of the molecule is Cc1ccc(-c2csc3ncn(CCC(=O)N4CCCC4CN4CC(C)OC(C)C4)c(=O)c23)cc1. The monoisotopic (exact) mass is 494 g/mol. The van der Waals surface area contributed by atoms with Gasteiger partial charge in [0.2, 0.25) is 5.91 Å². The highest BCUT2D eigenvalue weighted by atomic mass is 32.1. The highest BCUT2D eigenvalue weighted by Gasteiger charge is 2.32. The number of aryl methyl sites for hydroxylation is 2. The van der Waals surface area contributed by atoms with E-state index >= 15 is 0 Å². The largest absolute Gasteiger partial charge is 0.373 e. The Balaban J connectivity index is 1.28. The Morgan fingerprint density at radius 1 is 1.17 bits per heavy atom. The van der Waals surface area contributed by atoms with Crippen molar-refractivity contribution in [2.45, 2.75) is 64.8 Å². The van der Waals surface area contributed by atoms with E-state index in [9.17, 15) is 9.59 Å². The molecular weight excluding hydrogens is 460 g/mol. The number of hydrogen-bond donors (Lipinski definition) is 0. The second kappa shape index (κ2) is 10.2. The van der Waals surface area contributed by atoms with E-state index in [4.69, 9.17) is 4.74 Å². The summed E-state index contributed by atoms with van der Waals surface area (Å²) in [5, 5.41) is 2.64. The van der Waals surface area contributed by atoms with Gasteiger partial charge in [0.25, 0.3) is 5.56 Å². The summed E-state index contributed by atoms with van der Waals surface area (Å²) in [6.45, 7) is 10.1. The number of rotatable bonds is 6. The lowest BCUT2D eigenvalue weighted by atomic mass is 10.1. The topological polar surface area (TPSA) is 67.7 Å². The van der Waals surface area contributed by atoms with Crippen LogP contribution in [0.2, 0.25) is 0 Å². The number of thiophene rings is 1. The molecule has 0 saturated carbocycles. The van der Waals surface area contributed by atoms with E-state index in [2.05, 4.69) is 35.9 Å². The van der Waals surface area contributed by atoms with Crippen LogP contribution in [0.4, 0.5) is 0 Å². The van der Waals surface area contributed by atoms with Crippen molar-refractivity contribution in [3.63, 3.8) is 0 Å². The summed E-state index contributed by atoms with van der Waals surface area (Å²) >= 11 is 1.48. The van der Waals surface area contributed by atoms with E-state index in [-0.39, 0.29) is 29.7 Å². The van der Waals surface area contributed by atoms with E-state index in [1.54, 1.807) is 10.9 Å². The molecule has 4 heterocycles. The first-order valence-electron chi connectivity index (χ1n) is 12.6. The van der Waals surface area contributed by atoms with E-state index in [1.807, 2.05) is 29.3 Å². The van der Waals surface area contributed by atoms with Crippen molar-refractivity contribution in [1.82, 2.24) is 19.4 Å². The molecular formula is C27H34N4O3S. The zero-order valence-electron chi connectivity index (χ0n) is 20.8. The quantitative estimate of drug-likeness (QED) is 0.520. The molecule has 2 aliphatic heterocycles. The van der Waals surface area contributed by atoms with E-state index in [1.165, 1.54) is 16.9 Å². The van der Waals surface area contributed by atoms with Crippen molar-refractivity contribution >= 4 is 27.5 Å². The summed E-state index contributed by atoms with van der Waals surface area (Å²) in [4.78, 5) is 36.3. The summed E-state index contributed by atoms with van der Waals surface area (Å²) in [5.41, 5.74) is 3.03. The number of morpholine rings is 1. The fraction of sp³-hybridized carbons (Fsp3) is 0.519. The summed E-state index contributed by atoms with van der Waals surface area (Å²) in [6.07, 6.45) is 4.41. The summed E-state index contributed by atoms with van der Waals surface area (Å²) in [7, 11) is 0. The van der Waals surface area contributed by atoms with Crippen LogP contribution in [0.1, 0.15) is 38.7 Å². The average molecular weight is 495 g/mol. The van der Waals surface area contributed by atoms with Crippen LogP contribution in [0.25, 0.3) is 21.3 Å². The number of nitrogens with zero attached hydrogens (tertiary/aromatic N) is 4. The Labute approximate surface area is 210 Å². The summed E-state index contributed by atoms with van der Waals surface area (Å²) in [5.74, 6) is 0.123. The van der Waals surface area contributed by atoms with Crippen LogP contribution >= 0.6 is 11.3 Å². The molecule has 0 N–H and O–H groups in total. The maximum Gasteiger partial charge on any atom is 0.262 e. The lowest BCUT2D eigenvalue weighted by Crippen LogP contribution is -2.51. The molecule has 2 aromatic heterocycles. The van der Waals surface area contributed by atoms with Crippen LogP contribution in [-0.4, -0.2) is 69.7 Å². The maximum atomic E-state index is 13.4. The van der Waals surface area contributed by atoms with Gasteiger partial charge in [-0.1, -0.05) is 29.8 Å². The number of likely N-dealkylation sites (tertiary alicyclic amines) is 1. The van der Waals surface area contributed by atoms with Crippen LogP contribution in [0, 0.1) is 6.92 Å². The molecule has 0 bridgehead atoms. The lowest BCUT2D eigenvalue weighted by molar-refractivity contribution is -0.133. The molecule has 2 saturated heterocycles. The minimum atomic E-state index is -0.0751. The van der Waals surface area contributed by atoms with E-state index < -0.39 is 0 Å². The molecule has 2 aliphatic rings. The fourth-order valence-corrected chi connectivity index (χ4v) is 6.42. The number of ether oxygens (including phenoxy) is 1. The van der Waals surface area contributed by atoms with Crippen molar-refractivity contribution in [3.05, 3.63) is 51.9 Å². The van der Waals surface area contributed by atoms with Crippen LogP contribution in [0.15, 0.2) is 40.8 Å². The molecule has 5 rings (SSSR count). The predicted octanol–water partition coefficient (Wildman–Crippen LogP) is 3.92. The Morgan fingerprint density at radius 2 is 1.91 bits per heavy atom. The molecule has 35 heavy (non-hydrogen) atoms. The van der Waals surface area contributed by atoms with Gasteiger partial charge in [0, 0.05) is 56.1 Å². The molecule has 0 spiro atoms. The van der Waals surface area contributed by atoms with Gasteiger partial charge in [-0.15, -0.1) is 11.3 Å². The highest BCUT2D eigenvalue weighted by Crippen LogP contribution is 2.30. The van der Waals surface area contributed by atoms with Gasteiger partial charge in [0.05, 0.1) is 23.9 Å². The molecule has 8 heteroatoms. The third kappa shape index (κ3) is 5.20. The molecule has 3 unspecified atom stereocenters. The predicted molar refractivity (Wildman–Crippen MR) is 140 cm³/mol. The molecule has 1 amide bonds. The first-order chi connectivity index (χ1) is 16.9. The Kier molecular flexibility index (Phi) is 7.05. The van der Waals surface area contributed by atoms with Crippen LogP contribution in [0.3, 0.4) is 0 Å². The van der Waals surface area contributed by atoms with Crippen LogP contribution in [0.5, 0.6) is 0 Å². The number of carbonyl (C=O) groups is 1. The maximum absolute atomic E-state index is 13.4. The van der Waals surface area contributed by atoms with Gasteiger partial charge in [-0.2, -0.15) is 0 Å². The van der Waals surface area contributed by atoms with Crippen molar-refractivity contribution < 1.29 is 9.53 Å². The number of benzene rings is 1. The van der Waals surface area contributed by atoms with Gasteiger partial charge in [0.15, 0.2) is 0 Å². The second-order valence-corrected chi connectivity index (χ2v) is 10.9. The molecule has 1 aromatic carbocycles. The minimum absolute atomic E-state index is 0.0751. The normalized spacial score (nSPS) is 23.3. The van der Waals surface area contributed by atoms with Gasteiger partial charge < -0.3 is 9.64 Å². The van der Waals surface area contributed by atoms with Crippen molar-refractivity contribution in [1.29, 1.82) is 0 Å². The third-order valence-corrected chi connectivity index (χ3v) is 8.04. The molecule has 3 atom stereocenters. The molecule has 7 nitrogen and oxygen atoms in total. The Morgan fingerprint density at radius 3 is 2.66 bits per heavy atom. The fourth-order valence-electron chi connectivity index (χ4n) is 5.52. The van der Waals surface area contributed by atoms with Crippen LogP contribution in [-0.2, 0) is 16.1 Å². The van der Waals surface area contributed by atoms with Gasteiger partial charge >= 0.3 is 0 Å². The Hall–Kier alpha value is -2.55. The summed E-state index contributed by atoms with van der Waals surface area (Å²) in [6, 6.07) is 8.43. The summed E-state index contributed by atoms with van der Waals surface area (Å²) < 4.78 is 7.46. The minimum Gasteiger partial charge on any atom is -0.373 e. The Bertz CT molecular complexity index is 1240. The van der Waals surface area contributed by atoms with Gasteiger partial charge in [-0.05, 0) is 39.2 Å². The van der Waals surface area contributed by atoms with E-state index in [0.29, 0.717) is 18.4 Å². The zero-order valence-corrected chi connectivity index (χ0v) is 21.6. The molecule has 2 fully saturated rings. The van der Waals surface area contributed by atoms with Gasteiger partial charge in [-0.3, -0.25) is 19.1 Å².